The van der Waals surface area contributed by atoms with Crippen molar-refractivity contribution in [3.05, 3.63) is 332 Å². The minimum absolute atomic E-state index is 0.363. The van der Waals surface area contributed by atoms with E-state index in [0.29, 0.717) is 5.56 Å². The normalized spacial score (nSPS) is 12.5. The van der Waals surface area contributed by atoms with Crippen LogP contribution in [0, 0.1) is 11.3 Å². The largest absolute Gasteiger partial charge is 0.310 e. The smallest absolute Gasteiger partial charge is 0.104 e. The Morgan fingerprint density at radius 1 is 0.307 bits per heavy atom. The second kappa shape index (κ2) is 21.1. The first kappa shape index (κ1) is 51.9. The Hall–Kier alpha value is -11.7. The fraction of sp³-hybridized carbons (Fsp3) is 0.0366. The second-order valence-electron chi connectivity index (χ2n) is 23.1. The molecule has 0 bridgehead atoms. The molecule has 0 N–H and O–H groups in total. The summed E-state index contributed by atoms with van der Waals surface area (Å²) in [5.41, 5.74) is 21.2. The fourth-order valence-electron chi connectivity index (χ4n) is 14.0. The number of hydrogen-bond donors (Lipinski definition) is 0. The van der Waals surface area contributed by atoms with E-state index in [9.17, 15) is 5.26 Å². The molecule has 0 spiro atoms. The van der Waals surface area contributed by atoms with Gasteiger partial charge in [0.2, 0.25) is 0 Å². The van der Waals surface area contributed by atoms with Gasteiger partial charge in [-0.2, -0.15) is 5.26 Å². The highest BCUT2D eigenvalue weighted by molar-refractivity contribution is 6.17. The van der Waals surface area contributed by atoms with Crippen LogP contribution in [0.25, 0.3) is 77.2 Å². The monoisotopic (exact) mass is 1130 g/mol. The summed E-state index contributed by atoms with van der Waals surface area (Å²) in [4.78, 5) is 7.18. The SMILES string of the molecule is CC1(C)c2ccccc2N(c2c(-c3ccccc3)c(-n3c4ccccc4c4cc(N(c5ccccc5)c5ccccc5)ccc43)c(C#N)c(-n3c4ccccc4c4cc(N(c5ccccc5)c5ccccc5)ccc43)c2-c2ccccc2)c2ccccc21. The standard InChI is InChI=1S/C82H58N6/c1-82(2)69-43-23-27-47-75(69)88(76-48-28-24-44-70(76)82)81-77(56-29-9-3-10-30-56)79(86-71-45-25-21-41-64(71)66-53-62(49-51-73(66)86)84(58-33-13-5-14-34-58)59-35-15-6-16-36-59)68(55-83)80(78(81)57-31-11-4-12-32-57)87-72-46-26-22-42-65(72)67-54-63(50-52-74(67)87)85(60-37-17-7-18-38-60)61-39-19-8-20-40-61/h3-54H,1-2H3. The van der Waals surface area contributed by atoms with Gasteiger partial charge in [-0.3, -0.25) is 0 Å². The number of rotatable bonds is 11. The topological polar surface area (TPSA) is 43.4 Å². The Morgan fingerprint density at radius 3 is 1.00 bits per heavy atom. The number of benzene rings is 13. The average Bonchev–Trinajstić information content (AvgIpc) is 1.18. The van der Waals surface area contributed by atoms with E-state index in [1.54, 1.807) is 0 Å². The lowest BCUT2D eigenvalue weighted by atomic mass is 9.73. The van der Waals surface area contributed by atoms with Crippen molar-refractivity contribution in [2.45, 2.75) is 19.3 Å². The second-order valence-corrected chi connectivity index (χ2v) is 23.1. The predicted molar refractivity (Wildman–Crippen MR) is 367 cm³/mol. The van der Waals surface area contributed by atoms with Crippen molar-refractivity contribution in [1.29, 1.82) is 5.26 Å². The van der Waals surface area contributed by atoms with Crippen molar-refractivity contribution >= 4 is 94.8 Å². The van der Waals surface area contributed by atoms with Crippen molar-refractivity contribution < 1.29 is 0 Å². The molecule has 13 aromatic carbocycles. The van der Waals surface area contributed by atoms with E-state index in [1.807, 2.05) is 0 Å². The zero-order valence-corrected chi connectivity index (χ0v) is 48.7. The highest BCUT2D eigenvalue weighted by Gasteiger charge is 2.41. The molecule has 6 heteroatoms. The Morgan fingerprint density at radius 2 is 0.625 bits per heavy atom. The van der Waals surface area contributed by atoms with E-state index in [4.69, 9.17) is 0 Å². The molecule has 6 nitrogen and oxygen atoms in total. The van der Waals surface area contributed by atoms with Crippen LogP contribution in [-0.4, -0.2) is 9.13 Å². The molecule has 0 atom stereocenters. The average molecular weight is 1130 g/mol. The summed E-state index contributed by atoms with van der Waals surface area (Å²) in [5, 5.41) is 17.2. The van der Waals surface area contributed by atoms with Crippen LogP contribution >= 0.6 is 0 Å². The summed E-state index contributed by atoms with van der Waals surface area (Å²) in [6, 6.07) is 116. The van der Waals surface area contributed by atoms with Gasteiger partial charge in [0, 0.05) is 72.2 Å². The molecule has 1 aliphatic heterocycles. The lowest BCUT2D eigenvalue weighted by Gasteiger charge is -2.44. The summed E-state index contributed by atoms with van der Waals surface area (Å²) in [6.07, 6.45) is 0. The van der Waals surface area contributed by atoms with Gasteiger partial charge in [-0.1, -0.05) is 220 Å². The molecule has 0 aliphatic carbocycles. The molecule has 1 aliphatic rings. The van der Waals surface area contributed by atoms with Crippen molar-refractivity contribution in [1.82, 2.24) is 9.13 Å². The summed E-state index contributed by atoms with van der Waals surface area (Å²) in [6.45, 7) is 4.69. The van der Waals surface area contributed by atoms with Crippen LogP contribution in [0.5, 0.6) is 0 Å². The first-order valence-corrected chi connectivity index (χ1v) is 30.1. The third kappa shape index (κ3) is 8.24. The number of anilines is 9. The molecule has 2 aromatic heterocycles. The molecule has 0 radical (unpaired) electrons. The van der Waals surface area contributed by atoms with Crippen molar-refractivity contribution in [2.24, 2.45) is 0 Å². The summed E-state index contributed by atoms with van der Waals surface area (Å²) in [7, 11) is 0. The molecule has 0 unspecified atom stereocenters. The van der Waals surface area contributed by atoms with E-state index < -0.39 is 0 Å². The van der Waals surface area contributed by atoms with E-state index >= 15 is 0 Å². The van der Waals surface area contributed by atoms with E-state index in [-0.39, 0.29) is 5.41 Å². The Balaban J connectivity index is 1.10. The molecule has 88 heavy (non-hydrogen) atoms. The van der Waals surface area contributed by atoms with Gasteiger partial charge in [0.25, 0.3) is 0 Å². The van der Waals surface area contributed by atoms with Gasteiger partial charge < -0.3 is 23.8 Å². The van der Waals surface area contributed by atoms with Crippen molar-refractivity contribution in [3.8, 4) is 39.7 Å². The maximum Gasteiger partial charge on any atom is 0.104 e. The minimum Gasteiger partial charge on any atom is -0.310 e. The van der Waals surface area contributed by atoms with E-state index in [2.05, 4.69) is 359 Å². The van der Waals surface area contributed by atoms with E-state index in [0.717, 1.165) is 128 Å². The zero-order chi connectivity index (χ0) is 58.9. The van der Waals surface area contributed by atoms with Crippen LogP contribution in [0.1, 0.15) is 30.5 Å². The maximum absolute atomic E-state index is 12.9. The number of nitriles is 1. The van der Waals surface area contributed by atoms with Crippen LogP contribution in [0.4, 0.5) is 51.2 Å². The quantitative estimate of drug-likeness (QED) is 0.129. The molecular formula is C82H58N6. The first-order valence-electron chi connectivity index (χ1n) is 30.1. The Kier molecular flexibility index (Phi) is 12.5. The molecule has 3 heterocycles. The molecule has 16 rings (SSSR count). The summed E-state index contributed by atoms with van der Waals surface area (Å²) < 4.78 is 4.81. The van der Waals surface area contributed by atoms with Crippen LogP contribution in [0.3, 0.4) is 0 Å². The number of hydrogen-bond acceptors (Lipinski definition) is 4. The zero-order valence-electron chi connectivity index (χ0n) is 48.7. The number of para-hydroxylation sites is 8. The third-order valence-electron chi connectivity index (χ3n) is 17.9. The number of nitrogens with zero attached hydrogens (tertiary/aromatic N) is 6. The highest BCUT2D eigenvalue weighted by atomic mass is 15.2. The van der Waals surface area contributed by atoms with Gasteiger partial charge in [-0.15, -0.1) is 0 Å². The van der Waals surface area contributed by atoms with Crippen LogP contribution in [0.15, 0.2) is 315 Å². The van der Waals surface area contributed by atoms with Crippen LogP contribution < -0.4 is 14.7 Å². The lowest BCUT2D eigenvalue weighted by Crippen LogP contribution is -2.31. The molecule has 0 saturated heterocycles. The molecule has 0 amide bonds. The van der Waals surface area contributed by atoms with Gasteiger partial charge >= 0.3 is 0 Å². The Labute approximate surface area is 512 Å². The molecule has 416 valence electrons. The van der Waals surface area contributed by atoms with Crippen molar-refractivity contribution in [2.75, 3.05) is 14.7 Å². The van der Waals surface area contributed by atoms with Crippen molar-refractivity contribution in [3.63, 3.8) is 0 Å². The first-order chi connectivity index (χ1) is 43.5. The third-order valence-corrected chi connectivity index (χ3v) is 17.9. The van der Waals surface area contributed by atoms with Gasteiger partial charge in [0.1, 0.15) is 11.6 Å². The molecule has 15 aromatic rings. The molecule has 0 saturated carbocycles. The summed E-state index contributed by atoms with van der Waals surface area (Å²) in [5.74, 6) is 0. The predicted octanol–water partition coefficient (Wildman–Crippen LogP) is 22.1. The maximum atomic E-state index is 12.9. The minimum atomic E-state index is -0.363. The van der Waals surface area contributed by atoms with E-state index in [1.165, 1.54) is 11.1 Å². The van der Waals surface area contributed by atoms with Crippen LogP contribution in [0.2, 0.25) is 0 Å². The van der Waals surface area contributed by atoms with Gasteiger partial charge in [-0.05, 0) is 131 Å². The fourth-order valence-corrected chi connectivity index (χ4v) is 14.0. The number of fused-ring (bicyclic) bond motifs is 8. The molecule has 0 fully saturated rings. The van der Waals surface area contributed by atoms with Gasteiger partial charge in [0.05, 0.1) is 50.5 Å². The Bertz CT molecular complexity index is 4790. The summed E-state index contributed by atoms with van der Waals surface area (Å²) >= 11 is 0. The molecular weight excluding hydrogens is 1070 g/mol. The van der Waals surface area contributed by atoms with Gasteiger partial charge in [0.15, 0.2) is 0 Å². The lowest BCUT2D eigenvalue weighted by molar-refractivity contribution is 0.632. The van der Waals surface area contributed by atoms with Crippen LogP contribution in [-0.2, 0) is 5.41 Å². The number of aromatic nitrogens is 2. The van der Waals surface area contributed by atoms with Gasteiger partial charge in [-0.25, -0.2) is 0 Å². The highest BCUT2D eigenvalue weighted by Crippen LogP contribution is 2.60.